The van der Waals surface area contributed by atoms with E-state index in [9.17, 15) is 9.59 Å². The van der Waals surface area contributed by atoms with Crippen molar-refractivity contribution in [2.45, 2.75) is 59.5 Å². The van der Waals surface area contributed by atoms with Crippen molar-refractivity contribution in [1.29, 1.82) is 0 Å². The lowest BCUT2D eigenvalue weighted by Gasteiger charge is -2.23. The van der Waals surface area contributed by atoms with E-state index in [2.05, 4.69) is 11.4 Å². The second-order valence-electron chi connectivity index (χ2n) is 8.21. The fraction of sp³-hybridized carbons (Fsp3) is 0.440. The molecular weight excluding hydrogens is 376 g/mol. The number of hydrogen-bond donors (Lipinski definition) is 1. The van der Waals surface area contributed by atoms with Gasteiger partial charge in [-0.25, -0.2) is 0 Å². The summed E-state index contributed by atoms with van der Waals surface area (Å²) in [6.07, 6.45) is 3.69. The van der Waals surface area contributed by atoms with Crippen LogP contribution in [0.3, 0.4) is 0 Å². The molecule has 1 saturated heterocycles. The van der Waals surface area contributed by atoms with Gasteiger partial charge in [-0.05, 0) is 75.4 Å². The van der Waals surface area contributed by atoms with E-state index in [1.165, 1.54) is 0 Å². The predicted molar refractivity (Wildman–Crippen MR) is 120 cm³/mol. The summed E-state index contributed by atoms with van der Waals surface area (Å²) in [4.78, 5) is 27.8. The van der Waals surface area contributed by atoms with Crippen LogP contribution < -0.4 is 10.1 Å². The molecule has 1 heterocycles. The van der Waals surface area contributed by atoms with Gasteiger partial charge in [0.25, 0.3) is 11.8 Å². The zero-order chi connectivity index (χ0) is 21.7. The SMILES string of the molecule is Cc1cc(C)c(C)c(O[C@H](C)C(=O)Nc2ccccc2C(=O)N2CCCCCC2)c1. The number of para-hydroxylation sites is 1. The minimum absolute atomic E-state index is 0.0217. The second kappa shape index (κ2) is 9.79. The molecule has 1 fully saturated rings. The van der Waals surface area contributed by atoms with Crippen molar-refractivity contribution < 1.29 is 14.3 Å². The van der Waals surface area contributed by atoms with Crippen LogP contribution in [0.5, 0.6) is 5.75 Å². The van der Waals surface area contributed by atoms with Gasteiger partial charge in [0, 0.05) is 13.1 Å². The lowest BCUT2D eigenvalue weighted by Crippen LogP contribution is -2.34. The Hall–Kier alpha value is -2.82. The van der Waals surface area contributed by atoms with Crippen LogP contribution in [-0.4, -0.2) is 35.9 Å². The number of anilines is 1. The molecule has 2 aromatic carbocycles. The van der Waals surface area contributed by atoms with E-state index < -0.39 is 6.10 Å². The van der Waals surface area contributed by atoms with Gasteiger partial charge in [-0.1, -0.05) is 31.0 Å². The Morgan fingerprint density at radius 2 is 1.67 bits per heavy atom. The van der Waals surface area contributed by atoms with Gasteiger partial charge in [-0.2, -0.15) is 0 Å². The standard InChI is InChI=1S/C25H32N2O3/c1-17-15-18(2)19(3)23(16-17)30-20(4)24(28)26-22-12-8-7-11-21(22)25(29)27-13-9-5-6-10-14-27/h7-8,11-12,15-16,20H,5-6,9-10,13-14H2,1-4H3,(H,26,28)/t20-/m1/s1. The lowest BCUT2D eigenvalue weighted by atomic mass is 10.1. The topological polar surface area (TPSA) is 58.6 Å². The number of ether oxygens (including phenoxy) is 1. The number of aryl methyl sites for hydroxylation is 2. The molecule has 2 amide bonds. The van der Waals surface area contributed by atoms with Crippen molar-refractivity contribution in [3.8, 4) is 5.75 Å². The molecule has 0 unspecified atom stereocenters. The Morgan fingerprint density at radius 1 is 1.00 bits per heavy atom. The summed E-state index contributed by atoms with van der Waals surface area (Å²) in [5.41, 5.74) is 4.31. The van der Waals surface area contributed by atoms with Gasteiger partial charge < -0.3 is 15.0 Å². The van der Waals surface area contributed by atoms with Crippen LogP contribution in [0.4, 0.5) is 5.69 Å². The summed E-state index contributed by atoms with van der Waals surface area (Å²) >= 11 is 0. The first-order valence-electron chi connectivity index (χ1n) is 10.8. The molecular formula is C25H32N2O3. The van der Waals surface area contributed by atoms with Gasteiger partial charge in [0.1, 0.15) is 5.75 Å². The Bertz CT molecular complexity index is 915. The van der Waals surface area contributed by atoms with Crippen molar-refractivity contribution in [3.05, 3.63) is 58.7 Å². The number of nitrogens with zero attached hydrogens (tertiary/aromatic N) is 1. The monoisotopic (exact) mass is 408 g/mol. The largest absolute Gasteiger partial charge is 0.481 e. The minimum atomic E-state index is -0.689. The molecule has 3 rings (SSSR count). The molecule has 160 valence electrons. The van der Waals surface area contributed by atoms with Crippen molar-refractivity contribution >= 4 is 17.5 Å². The molecule has 5 heteroatoms. The summed E-state index contributed by atoms with van der Waals surface area (Å²) in [6, 6.07) is 11.3. The maximum Gasteiger partial charge on any atom is 0.265 e. The van der Waals surface area contributed by atoms with E-state index in [0.717, 1.165) is 55.5 Å². The average molecular weight is 409 g/mol. The van der Waals surface area contributed by atoms with Crippen LogP contribution in [-0.2, 0) is 4.79 Å². The zero-order valence-electron chi connectivity index (χ0n) is 18.5. The highest BCUT2D eigenvalue weighted by Crippen LogP contribution is 2.25. The first-order valence-corrected chi connectivity index (χ1v) is 10.8. The Labute approximate surface area is 179 Å². The van der Waals surface area contributed by atoms with Gasteiger partial charge in [0.15, 0.2) is 6.10 Å². The van der Waals surface area contributed by atoms with Crippen molar-refractivity contribution in [1.82, 2.24) is 4.90 Å². The predicted octanol–water partition coefficient (Wildman–Crippen LogP) is 5.03. The number of benzene rings is 2. The molecule has 5 nitrogen and oxygen atoms in total. The number of likely N-dealkylation sites (tertiary alicyclic amines) is 1. The minimum Gasteiger partial charge on any atom is -0.481 e. The van der Waals surface area contributed by atoms with Gasteiger partial charge in [0.05, 0.1) is 11.3 Å². The zero-order valence-corrected chi connectivity index (χ0v) is 18.5. The molecule has 2 aromatic rings. The molecule has 30 heavy (non-hydrogen) atoms. The van der Waals surface area contributed by atoms with Crippen LogP contribution in [0.1, 0.15) is 59.7 Å². The van der Waals surface area contributed by atoms with Gasteiger partial charge in [-0.15, -0.1) is 0 Å². The average Bonchev–Trinajstić information content (AvgIpc) is 3.01. The van der Waals surface area contributed by atoms with Crippen molar-refractivity contribution in [2.24, 2.45) is 0 Å². The van der Waals surface area contributed by atoms with Gasteiger partial charge in [-0.3, -0.25) is 9.59 Å². The van der Waals surface area contributed by atoms with E-state index in [1.807, 2.05) is 43.9 Å². The highest BCUT2D eigenvalue weighted by molar-refractivity contribution is 6.04. The molecule has 1 N–H and O–H groups in total. The first kappa shape index (κ1) is 21.9. The van der Waals surface area contributed by atoms with Gasteiger partial charge >= 0.3 is 0 Å². The van der Waals surface area contributed by atoms with E-state index >= 15 is 0 Å². The smallest absolute Gasteiger partial charge is 0.265 e. The quantitative estimate of drug-likeness (QED) is 0.754. The fourth-order valence-corrected chi connectivity index (χ4v) is 3.82. The number of amides is 2. The van der Waals surface area contributed by atoms with E-state index in [1.54, 1.807) is 19.1 Å². The number of nitrogens with one attached hydrogen (secondary N) is 1. The molecule has 0 bridgehead atoms. The Kier molecular flexibility index (Phi) is 7.14. The third-order valence-electron chi connectivity index (χ3n) is 5.75. The molecule has 0 spiro atoms. The Balaban J connectivity index is 1.73. The molecule has 1 atom stereocenters. The highest BCUT2D eigenvalue weighted by Gasteiger charge is 2.23. The molecule has 1 aliphatic heterocycles. The fourth-order valence-electron chi connectivity index (χ4n) is 3.82. The van der Waals surface area contributed by atoms with E-state index in [4.69, 9.17) is 4.74 Å². The number of hydrogen-bond acceptors (Lipinski definition) is 3. The molecule has 0 saturated carbocycles. The normalized spacial score (nSPS) is 15.3. The molecule has 0 radical (unpaired) electrons. The summed E-state index contributed by atoms with van der Waals surface area (Å²) in [6.45, 7) is 9.30. The van der Waals surface area contributed by atoms with Crippen LogP contribution in [0, 0.1) is 20.8 Å². The maximum atomic E-state index is 13.1. The summed E-state index contributed by atoms with van der Waals surface area (Å²) in [7, 11) is 0. The number of carbonyl (C=O) groups is 2. The van der Waals surface area contributed by atoms with Crippen molar-refractivity contribution in [3.63, 3.8) is 0 Å². The third-order valence-corrected chi connectivity index (χ3v) is 5.75. The highest BCUT2D eigenvalue weighted by atomic mass is 16.5. The molecule has 1 aliphatic rings. The van der Waals surface area contributed by atoms with Gasteiger partial charge in [0.2, 0.25) is 0 Å². The second-order valence-corrected chi connectivity index (χ2v) is 8.21. The number of carbonyl (C=O) groups excluding carboxylic acids is 2. The van der Waals surface area contributed by atoms with E-state index in [-0.39, 0.29) is 11.8 Å². The summed E-state index contributed by atoms with van der Waals surface area (Å²) in [5.74, 6) is 0.417. The van der Waals surface area contributed by atoms with Crippen LogP contribution in [0.25, 0.3) is 0 Å². The maximum absolute atomic E-state index is 13.1. The Morgan fingerprint density at radius 3 is 2.37 bits per heavy atom. The summed E-state index contributed by atoms with van der Waals surface area (Å²) in [5, 5.41) is 2.90. The van der Waals surface area contributed by atoms with Crippen LogP contribution in [0.2, 0.25) is 0 Å². The first-order chi connectivity index (χ1) is 14.4. The molecule has 0 aromatic heterocycles. The number of rotatable bonds is 5. The van der Waals surface area contributed by atoms with Crippen LogP contribution in [0.15, 0.2) is 36.4 Å². The third kappa shape index (κ3) is 5.21. The van der Waals surface area contributed by atoms with E-state index in [0.29, 0.717) is 17.0 Å². The molecule has 0 aliphatic carbocycles. The van der Waals surface area contributed by atoms with Crippen LogP contribution >= 0.6 is 0 Å². The van der Waals surface area contributed by atoms with Crippen molar-refractivity contribution in [2.75, 3.05) is 18.4 Å². The lowest BCUT2D eigenvalue weighted by molar-refractivity contribution is -0.122. The summed E-state index contributed by atoms with van der Waals surface area (Å²) < 4.78 is 5.97.